The van der Waals surface area contributed by atoms with E-state index in [4.69, 9.17) is 9.47 Å². The fraction of sp³-hybridized carbons (Fsp3) is 0.348. The number of methoxy groups -OCH3 is 1. The molecule has 2 heterocycles. The molecule has 0 spiro atoms. The van der Waals surface area contributed by atoms with Crippen molar-refractivity contribution < 1.29 is 28.2 Å². The number of ether oxygens (including phenoxy) is 2. The Morgan fingerprint density at radius 1 is 1.19 bits per heavy atom. The number of para-hydroxylation sites is 1. The number of hydrogen-bond acceptors (Lipinski definition) is 5. The van der Waals surface area contributed by atoms with Crippen LogP contribution >= 0.6 is 0 Å². The van der Waals surface area contributed by atoms with Crippen molar-refractivity contribution in [3.05, 3.63) is 59.4 Å². The minimum absolute atomic E-state index is 0.100. The number of benzene rings is 2. The third-order valence-corrected chi connectivity index (χ3v) is 5.74. The van der Waals surface area contributed by atoms with Crippen LogP contribution in [0.3, 0.4) is 0 Å². The molecule has 8 heteroatoms. The molecule has 1 saturated heterocycles. The Morgan fingerprint density at radius 3 is 2.65 bits per heavy atom. The lowest BCUT2D eigenvalue weighted by molar-refractivity contribution is -0.159. The first-order chi connectivity index (χ1) is 14.8. The molecule has 162 valence electrons. The van der Waals surface area contributed by atoms with Crippen molar-refractivity contribution in [2.45, 2.75) is 45.0 Å². The zero-order valence-electron chi connectivity index (χ0n) is 17.6. The van der Waals surface area contributed by atoms with Gasteiger partial charge in [-0.25, -0.2) is 9.18 Å². The molecule has 31 heavy (non-hydrogen) atoms. The van der Waals surface area contributed by atoms with E-state index in [-0.39, 0.29) is 37.3 Å². The molecular weight excluding hydrogens is 403 g/mol. The van der Waals surface area contributed by atoms with Crippen LogP contribution in [0.2, 0.25) is 0 Å². The minimum Gasteiger partial charge on any atom is -0.496 e. The fourth-order valence-corrected chi connectivity index (χ4v) is 4.49. The van der Waals surface area contributed by atoms with Crippen LogP contribution < -0.4 is 9.64 Å². The van der Waals surface area contributed by atoms with Crippen LogP contribution in [0, 0.1) is 5.82 Å². The van der Waals surface area contributed by atoms with Crippen LogP contribution in [-0.2, 0) is 20.9 Å². The van der Waals surface area contributed by atoms with Gasteiger partial charge in [-0.05, 0) is 44.2 Å². The number of hydrogen-bond donors (Lipinski definition) is 0. The highest BCUT2D eigenvalue weighted by Crippen LogP contribution is 2.46. The van der Waals surface area contributed by atoms with Gasteiger partial charge in [0.2, 0.25) is 11.6 Å². The van der Waals surface area contributed by atoms with Crippen molar-refractivity contribution in [1.82, 2.24) is 4.90 Å². The minimum atomic E-state index is -1.59. The zero-order valence-corrected chi connectivity index (χ0v) is 17.6. The number of rotatable bonds is 5. The molecule has 2 aromatic rings. The third-order valence-electron chi connectivity index (χ3n) is 5.74. The molecule has 0 aliphatic carbocycles. The molecule has 0 unspecified atom stereocenters. The lowest BCUT2D eigenvalue weighted by Crippen LogP contribution is -2.70. The molecule has 1 atom stereocenters. The summed E-state index contributed by atoms with van der Waals surface area (Å²) >= 11 is 0. The Hall–Kier alpha value is -3.42. The number of anilines is 1. The van der Waals surface area contributed by atoms with Crippen LogP contribution in [0.1, 0.15) is 42.6 Å². The summed E-state index contributed by atoms with van der Waals surface area (Å²) in [5.74, 6) is -1.45. The second-order valence-corrected chi connectivity index (χ2v) is 7.86. The highest BCUT2D eigenvalue weighted by molar-refractivity contribution is 6.15. The van der Waals surface area contributed by atoms with Crippen molar-refractivity contribution in [1.29, 1.82) is 0 Å². The van der Waals surface area contributed by atoms with Gasteiger partial charge in [0.1, 0.15) is 18.2 Å². The topological polar surface area (TPSA) is 76.1 Å². The first-order valence-electron chi connectivity index (χ1n) is 10.1. The molecule has 0 radical (unpaired) electrons. The number of halogens is 1. The quantitative estimate of drug-likeness (QED) is 0.686. The SMILES string of the molecule is COc1ccc(F)cc1COC(=O)[C@@]12CCC(=O)N1c1ccccc1C(=O)N2C(C)C. The van der Waals surface area contributed by atoms with Gasteiger partial charge in [0.15, 0.2) is 0 Å². The largest absolute Gasteiger partial charge is 0.496 e. The van der Waals surface area contributed by atoms with Crippen molar-refractivity contribution in [2.75, 3.05) is 12.0 Å². The van der Waals surface area contributed by atoms with Gasteiger partial charge >= 0.3 is 5.97 Å². The average molecular weight is 426 g/mol. The Balaban J connectivity index is 1.75. The molecule has 2 aliphatic rings. The predicted molar refractivity (Wildman–Crippen MR) is 110 cm³/mol. The van der Waals surface area contributed by atoms with Gasteiger partial charge in [0.05, 0.1) is 18.4 Å². The average Bonchev–Trinajstić information content (AvgIpc) is 3.10. The van der Waals surface area contributed by atoms with Crippen LogP contribution in [-0.4, -0.2) is 41.5 Å². The van der Waals surface area contributed by atoms with Gasteiger partial charge < -0.3 is 14.4 Å². The summed E-state index contributed by atoms with van der Waals surface area (Å²) < 4.78 is 24.5. The summed E-state index contributed by atoms with van der Waals surface area (Å²) in [5.41, 5.74) is -0.479. The highest BCUT2D eigenvalue weighted by Gasteiger charge is 2.62. The van der Waals surface area contributed by atoms with Gasteiger partial charge in [0.25, 0.3) is 5.91 Å². The standard InChI is InChI=1S/C23H23FN2O5/c1-14(2)25-21(28)17-6-4-5-7-18(17)26-20(27)10-11-23(25,26)22(29)31-13-15-12-16(24)8-9-19(15)30-3/h4-9,12,14H,10-11,13H2,1-3H3/t23-/m1/s1. The summed E-state index contributed by atoms with van der Waals surface area (Å²) in [5, 5.41) is 0. The lowest BCUT2D eigenvalue weighted by Gasteiger charge is -2.50. The van der Waals surface area contributed by atoms with E-state index < -0.39 is 17.4 Å². The zero-order chi connectivity index (χ0) is 22.3. The normalized spacial score (nSPS) is 20.0. The maximum Gasteiger partial charge on any atom is 0.354 e. The third kappa shape index (κ3) is 3.13. The molecule has 0 saturated carbocycles. The first kappa shape index (κ1) is 20.8. The molecule has 0 N–H and O–H groups in total. The van der Waals surface area contributed by atoms with E-state index in [0.717, 1.165) is 0 Å². The van der Waals surface area contributed by atoms with E-state index in [2.05, 4.69) is 0 Å². The van der Waals surface area contributed by atoms with Gasteiger partial charge in [-0.15, -0.1) is 0 Å². The Labute approximate surface area is 179 Å². The van der Waals surface area contributed by atoms with Crippen LogP contribution in [0.5, 0.6) is 5.75 Å². The van der Waals surface area contributed by atoms with Crippen LogP contribution in [0.4, 0.5) is 10.1 Å². The molecule has 2 amide bonds. The molecule has 2 aromatic carbocycles. The monoisotopic (exact) mass is 426 g/mol. The molecule has 7 nitrogen and oxygen atoms in total. The summed E-state index contributed by atoms with van der Waals surface area (Å²) in [7, 11) is 1.44. The summed E-state index contributed by atoms with van der Waals surface area (Å²) in [6.45, 7) is 3.32. The number of amides is 2. The molecule has 2 aliphatic heterocycles. The van der Waals surface area contributed by atoms with Crippen LogP contribution in [0.15, 0.2) is 42.5 Å². The van der Waals surface area contributed by atoms with Crippen molar-refractivity contribution in [2.24, 2.45) is 0 Å². The Bertz CT molecular complexity index is 1070. The second kappa shape index (κ2) is 7.68. The summed E-state index contributed by atoms with van der Waals surface area (Å²) in [6.07, 6.45) is 0.215. The Morgan fingerprint density at radius 2 is 1.94 bits per heavy atom. The van der Waals surface area contributed by atoms with Gasteiger partial charge in [-0.3, -0.25) is 14.5 Å². The van der Waals surface area contributed by atoms with E-state index in [0.29, 0.717) is 22.6 Å². The number of esters is 1. The summed E-state index contributed by atoms with van der Waals surface area (Å²) in [4.78, 5) is 42.6. The van der Waals surface area contributed by atoms with Crippen molar-refractivity contribution in [3.8, 4) is 5.75 Å². The van der Waals surface area contributed by atoms with Gasteiger partial charge in [-0.1, -0.05) is 12.1 Å². The van der Waals surface area contributed by atoms with E-state index in [1.54, 1.807) is 38.1 Å². The number of carbonyl (C=O) groups is 3. The van der Waals surface area contributed by atoms with Crippen molar-refractivity contribution in [3.63, 3.8) is 0 Å². The number of fused-ring (bicyclic) bond motifs is 3. The molecule has 0 aromatic heterocycles. The van der Waals surface area contributed by atoms with Gasteiger partial charge in [0, 0.05) is 24.4 Å². The van der Waals surface area contributed by atoms with E-state index in [1.807, 2.05) is 0 Å². The van der Waals surface area contributed by atoms with Crippen LogP contribution in [0.25, 0.3) is 0 Å². The van der Waals surface area contributed by atoms with E-state index in [9.17, 15) is 18.8 Å². The van der Waals surface area contributed by atoms with Crippen molar-refractivity contribution >= 4 is 23.5 Å². The second-order valence-electron chi connectivity index (χ2n) is 7.86. The van der Waals surface area contributed by atoms with Gasteiger partial charge in [-0.2, -0.15) is 0 Å². The maximum absolute atomic E-state index is 13.7. The lowest BCUT2D eigenvalue weighted by atomic mass is 9.95. The maximum atomic E-state index is 13.7. The molecule has 1 fully saturated rings. The summed E-state index contributed by atoms with van der Waals surface area (Å²) in [6, 6.07) is 10.3. The Kier molecular flexibility index (Phi) is 5.16. The fourth-order valence-electron chi connectivity index (χ4n) is 4.49. The van der Waals surface area contributed by atoms with E-state index >= 15 is 0 Å². The molecule has 4 rings (SSSR count). The van der Waals surface area contributed by atoms with E-state index in [1.165, 1.54) is 35.1 Å². The smallest absolute Gasteiger partial charge is 0.354 e. The first-order valence-corrected chi connectivity index (χ1v) is 10.1. The predicted octanol–water partition coefficient (Wildman–Crippen LogP) is 3.27. The molecular formula is C23H23FN2O5. The number of carbonyl (C=O) groups excluding carboxylic acids is 3. The number of nitrogens with zero attached hydrogens (tertiary/aromatic N) is 2. The molecule has 0 bridgehead atoms. The highest BCUT2D eigenvalue weighted by atomic mass is 19.1.